The van der Waals surface area contributed by atoms with E-state index in [1.165, 1.54) is 11.1 Å². The summed E-state index contributed by atoms with van der Waals surface area (Å²) in [6, 6.07) is 4.27. The van der Waals surface area contributed by atoms with Crippen LogP contribution in [0.2, 0.25) is 0 Å². The monoisotopic (exact) mass is 226 g/mol. The molecule has 2 heterocycles. The van der Waals surface area contributed by atoms with Gasteiger partial charge in [0.2, 0.25) is 0 Å². The van der Waals surface area contributed by atoms with Crippen molar-refractivity contribution < 1.29 is 0 Å². The third-order valence-electron chi connectivity index (χ3n) is 2.98. The average Bonchev–Trinajstić information content (AvgIpc) is 2.83. The van der Waals surface area contributed by atoms with Crippen LogP contribution in [0, 0.1) is 13.8 Å². The maximum absolute atomic E-state index is 4.64. The quantitative estimate of drug-likeness (QED) is 0.693. The second-order valence-electron chi connectivity index (χ2n) is 4.45. The summed E-state index contributed by atoms with van der Waals surface area (Å²) in [6.45, 7) is 4.18. The van der Waals surface area contributed by atoms with Crippen molar-refractivity contribution in [2.24, 2.45) is 7.05 Å². The summed E-state index contributed by atoms with van der Waals surface area (Å²) in [5, 5.41) is 0. The molecule has 0 bridgehead atoms. The van der Waals surface area contributed by atoms with Gasteiger partial charge in [-0.2, -0.15) is 0 Å². The molecule has 0 amide bonds. The first-order chi connectivity index (χ1) is 8.15. The molecule has 17 heavy (non-hydrogen) atoms. The smallest absolute Gasteiger partial charge is 0.156 e. The van der Waals surface area contributed by atoms with Crippen molar-refractivity contribution >= 4 is 11.0 Å². The third kappa shape index (κ3) is 1.53. The van der Waals surface area contributed by atoms with Crippen molar-refractivity contribution in [2.45, 2.75) is 13.8 Å². The molecular weight excluding hydrogens is 212 g/mol. The Morgan fingerprint density at radius 3 is 2.76 bits per heavy atom. The van der Waals surface area contributed by atoms with Gasteiger partial charge in [0.25, 0.3) is 0 Å². The fourth-order valence-electron chi connectivity index (χ4n) is 2.18. The number of nitrogens with one attached hydrogen (secondary N) is 1. The van der Waals surface area contributed by atoms with Gasteiger partial charge in [0.15, 0.2) is 5.82 Å². The maximum atomic E-state index is 4.64. The lowest BCUT2D eigenvalue weighted by molar-refractivity contribution is 0.913. The molecule has 0 saturated heterocycles. The molecular formula is C13H14N4. The zero-order valence-electron chi connectivity index (χ0n) is 10.2. The molecule has 0 unspecified atom stereocenters. The Morgan fingerprint density at radius 2 is 2.06 bits per heavy atom. The Kier molecular flexibility index (Phi) is 2.04. The van der Waals surface area contributed by atoms with E-state index in [-0.39, 0.29) is 0 Å². The molecule has 0 aliphatic heterocycles. The summed E-state index contributed by atoms with van der Waals surface area (Å²) >= 11 is 0. The van der Waals surface area contributed by atoms with Gasteiger partial charge < -0.3 is 9.55 Å². The van der Waals surface area contributed by atoms with Gasteiger partial charge in [-0.25, -0.2) is 9.97 Å². The van der Waals surface area contributed by atoms with Crippen molar-refractivity contribution in [3.63, 3.8) is 0 Å². The van der Waals surface area contributed by atoms with Crippen molar-refractivity contribution in [1.82, 2.24) is 19.5 Å². The van der Waals surface area contributed by atoms with Crippen LogP contribution < -0.4 is 0 Å². The Labute approximate surface area is 99.3 Å². The SMILES string of the molecule is Cc1cc(C)c2nc(-c3cncn3C)[nH]c2c1. The highest BCUT2D eigenvalue weighted by molar-refractivity contribution is 5.82. The molecule has 0 fully saturated rings. The van der Waals surface area contributed by atoms with E-state index in [9.17, 15) is 0 Å². The number of benzene rings is 1. The van der Waals surface area contributed by atoms with Crippen LogP contribution in [0.25, 0.3) is 22.6 Å². The van der Waals surface area contributed by atoms with Gasteiger partial charge >= 0.3 is 0 Å². The van der Waals surface area contributed by atoms with Gasteiger partial charge in [0.05, 0.1) is 23.6 Å². The fraction of sp³-hybridized carbons (Fsp3) is 0.231. The second-order valence-corrected chi connectivity index (χ2v) is 4.45. The molecule has 1 aromatic carbocycles. The summed E-state index contributed by atoms with van der Waals surface area (Å²) < 4.78 is 1.96. The molecule has 4 nitrogen and oxygen atoms in total. The topological polar surface area (TPSA) is 46.5 Å². The van der Waals surface area contributed by atoms with Gasteiger partial charge in [0.1, 0.15) is 5.69 Å². The highest BCUT2D eigenvalue weighted by Gasteiger charge is 2.10. The molecule has 1 N–H and O–H groups in total. The molecule has 3 rings (SSSR count). The number of H-pyrrole nitrogens is 1. The lowest BCUT2D eigenvalue weighted by atomic mass is 10.1. The minimum Gasteiger partial charge on any atom is -0.337 e. The zero-order chi connectivity index (χ0) is 12.0. The molecule has 4 heteroatoms. The first kappa shape index (κ1) is 10.1. The Morgan fingerprint density at radius 1 is 1.24 bits per heavy atom. The molecule has 2 aromatic heterocycles. The van der Waals surface area contributed by atoms with Crippen LogP contribution >= 0.6 is 0 Å². The molecule has 0 saturated carbocycles. The number of aromatic amines is 1. The van der Waals surface area contributed by atoms with Crippen LogP contribution in [0.5, 0.6) is 0 Å². The van der Waals surface area contributed by atoms with E-state index in [4.69, 9.17) is 0 Å². The van der Waals surface area contributed by atoms with Crippen LogP contribution in [0.4, 0.5) is 0 Å². The lowest BCUT2D eigenvalue weighted by Gasteiger charge is -1.96. The second kappa shape index (κ2) is 3.45. The summed E-state index contributed by atoms with van der Waals surface area (Å²) in [4.78, 5) is 12.1. The molecule has 0 radical (unpaired) electrons. The van der Waals surface area contributed by atoms with E-state index in [1.807, 2.05) is 17.8 Å². The number of hydrogen-bond donors (Lipinski definition) is 1. The lowest BCUT2D eigenvalue weighted by Crippen LogP contribution is -1.90. The van der Waals surface area contributed by atoms with E-state index in [0.717, 1.165) is 22.6 Å². The van der Waals surface area contributed by atoms with Gasteiger partial charge in [-0.15, -0.1) is 0 Å². The Hall–Kier alpha value is -2.10. The normalized spacial score (nSPS) is 11.2. The van der Waals surface area contributed by atoms with E-state index in [1.54, 1.807) is 6.33 Å². The summed E-state index contributed by atoms with van der Waals surface area (Å²) in [5.74, 6) is 0.869. The van der Waals surface area contributed by atoms with E-state index < -0.39 is 0 Å². The van der Waals surface area contributed by atoms with E-state index >= 15 is 0 Å². The minimum atomic E-state index is 0.869. The van der Waals surface area contributed by atoms with Gasteiger partial charge in [0, 0.05) is 7.05 Å². The Balaban J connectivity index is 2.27. The van der Waals surface area contributed by atoms with Gasteiger partial charge in [-0.1, -0.05) is 6.07 Å². The average molecular weight is 226 g/mol. The predicted octanol–water partition coefficient (Wildman–Crippen LogP) is 2.58. The number of fused-ring (bicyclic) bond motifs is 1. The van der Waals surface area contributed by atoms with Crippen molar-refractivity contribution in [2.75, 3.05) is 0 Å². The molecule has 0 aliphatic carbocycles. The van der Waals surface area contributed by atoms with Crippen molar-refractivity contribution in [1.29, 1.82) is 0 Å². The predicted molar refractivity (Wildman–Crippen MR) is 67.8 cm³/mol. The van der Waals surface area contributed by atoms with Crippen LogP contribution in [0.1, 0.15) is 11.1 Å². The Bertz CT molecular complexity index is 691. The number of aryl methyl sites for hydroxylation is 3. The van der Waals surface area contributed by atoms with Crippen LogP contribution in [0.15, 0.2) is 24.7 Å². The van der Waals surface area contributed by atoms with Crippen molar-refractivity contribution in [3.05, 3.63) is 35.8 Å². The van der Waals surface area contributed by atoms with Crippen LogP contribution in [0.3, 0.4) is 0 Å². The fourth-order valence-corrected chi connectivity index (χ4v) is 2.18. The first-order valence-corrected chi connectivity index (χ1v) is 5.59. The highest BCUT2D eigenvalue weighted by Crippen LogP contribution is 2.23. The standard InChI is InChI=1S/C13H14N4/c1-8-4-9(2)12-10(5-8)15-13(16-12)11-6-14-7-17(11)3/h4-7H,1-3H3,(H,15,16). The van der Waals surface area contributed by atoms with Gasteiger partial charge in [-0.05, 0) is 31.0 Å². The van der Waals surface area contributed by atoms with E-state index in [0.29, 0.717) is 0 Å². The van der Waals surface area contributed by atoms with E-state index in [2.05, 4.69) is 40.9 Å². The van der Waals surface area contributed by atoms with Crippen LogP contribution in [-0.4, -0.2) is 19.5 Å². The summed E-state index contributed by atoms with van der Waals surface area (Å²) in [7, 11) is 1.97. The number of rotatable bonds is 1. The number of hydrogen-bond acceptors (Lipinski definition) is 2. The summed E-state index contributed by atoms with van der Waals surface area (Å²) in [5.41, 5.74) is 5.56. The number of nitrogens with zero attached hydrogens (tertiary/aromatic N) is 3. The maximum Gasteiger partial charge on any atom is 0.156 e. The van der Waals surface area contributed by atoms with Crippen molar-refractivity contribution in [3.8, 4) is 11.5 Å². The molecule has 0 atom stereocenters. The summed E-state index contributed by atoms with van der Waals surface area (Å²) in [6.07, 6.45) is 3.60. The molecule has 0 aliphatic rings. The zero-order valence-corrected chi connectivity index (χ0v) is 10.2. The number of aromatic nitrogens is 4. The molecule has 0 spiro atoms. The minimum absolute atomic E-state index is 0.869. The van der Waals surface area contributed by atoms with Crippen LogP contribution in [-0.2, 0) is 7.05 Å². The largest absolute Gasteiger partial charge is 0.337 e. The molecule has 3 aromatic rings. The van der Waals surface area contributed by atoms with Gasteiger partial charge in [-0.3, -0.25) is 0 Å². The molecule has 86 valence electrons. The third-order valence-corrected chi connectivity index (χ3v) is 2.98. The first-order valence-electron chi connectivity index (χ1n) is 5.59. The number of imidazole rings is 2. The highest BCUT2D eigenvalue weighted by atomic mass is 15.1.